The summed E-state index contributed by atoms with van der Waals surface area (Å²) in [5.74, 6) is -1.17. The van der Waals surface area contributed by atoms with Crippen LogP contribution in [0.15, 0.2) is 67.3 Å². The Hall–Kier alpha value is -3.39. The molecule has 3 aromatic rings. The summed E-state index contributed by atoms with van der Waals surface area (Å²) in [5.41, 5.74) is 2.89. The number of hydrogen-bond acceptors (Lipinski definition) is 4. The Morgan fingerprint density at radius 2 is 2.00 bits per heavy atom. The highest BCUT2D eigenvalue weighted by molar-refractivity contribution is 7.98. The van der Waals surface area contributed by atoms with Gasteiger partial charge >= 0.3 is 5.97 Å². The lowest BCUT2D eigenvalue weighted by atomic mass is 10.0. The number of aromatic nitrogens is 2. The van der Waals surface area contributed by atoms with Crippen LogP contribution in [0.25, 0.3) is 11.6 Å². The Morgan fingerprint density at radius 1 is 1.22 bits per heavy atom. The molecule has 8 heteroatoms. The summed E-state index contributed by atoms with van der Waals surface area (Å²) >= 11 is 1.53. The number of carbonyl (C=O) groups is 2. The van der Waals surface area contributed by atoms with Crippen molar-refractivity contribution in [3.05, 3.63) is 89.8 Å². The van der Waals surface area contributed by atoms with Crippen molar-refractivity contribution in [1.82, 2.24) is 14.9 Å². The number of thioether (sulfide) groups is 1. The van der Waals surface area contributed by atoms with Gasteiger partial charge in [0.15, 0.2) is 0 Å². The molecule has 1 unspecified atom stereocenters. The zero-order valence-electron chi connectivity index (χ0n) is 17.6. The standard InChI is InChI=1S/C24H24FN3O3S/c1-32-12-9-22(24(30)31)27-23(29)19-4-2-3-17(13-19)14-20(15-28-11-10-26-16-28)18-5-7-21(25)8-6-18/h2-8,10-11,13-14,16,22H,9,12,15H2,1H3,(H,27,29)(H,30,31)/b20-14+. The van der Waals surface area contributed by atoms with E-state index in [4.69, 9.17) is 0 Å². The summed E-state index contributed by atoms with van der Waals surface area (Å²) in [6.07, 6.45) is 9.37. The van der Waals surface area contributed by atoms with E-state index in [2.05, 4.69) is 10.3 Å². The Bertz CT molecular complexity index is 1080. The highest BCUT2D eigenvalue weighted by Crippen LogP contribution is 2.21. The van der Waals surface area contributed by atoms with Crippen molar-refractivity contribution in [1.29, 1.82) is 0 Å². The number of carboxylic acids is 1. The molecule has 0 aliphatic carbocycles. The van der Waals surface area contributed by atoms with E-state index >= 15 is 0 Å². The second kappa shape index (κ2) is 11.3. The Morgan fingerprint density at radius 3 is 2.66 bits per heavy atom. The van der Waals surface area contributed by atoms with E-state index in [9.17, 15) is 19.1 Å². The number of amides is 1. The molecule has 0 saturated heterocycles. The minimum absolute atomic E-state index is 0.316. The quantitative estimate of drug-likeness (QED) is 0.450. The van der Waals surface area contributed by atoms with Gasteiger partial charge in [0.1, 0.15) is 11.9 Å². The minimum atomic E-state index is -1.05. The van der Waals surface area contributed by atoms with Crippen LogP contribution in [0, 0.1) is 5.82 Å². The van der Waals surface area contributed by atoms with Crippen LogP contribution < -0.4 is 5.32 Å². The summed E-state index contributed by atoms with van der Waals surface area (Å²) in [5, 5.41) is 12.0. The van der Waals surface area contributed by atoms with Crippen LogP contribution in [-0.4, -0.2) is 44.6 Å². The molecule has 1 aromatic heterocycles. The number of aliphatic carboxylic acids is 1. The molecule has 1 heterocycles. The van der Waals surface area contributed by atoms with Crippen molar-refractivity contribution >= 4 is 35.3 Å². The van der Waals surface area contributed by atoms with Crippen LogP contribution in [0.4, 0.5) is 4.39 Å². The minimum Gasteiger partial charge on any atom is -0.480 e. The number of imidazole rings is 1. The number of carbonyl (C=O) groups excluding carboxylic acids is 1. The SMILES string of the molecule is CSCCC(NC(=O)c1cccc(/C=C(\Cn2ccnc2)c2ccc(F)cc2)c1)C(=O)O. The molecule has 6 nitrogen and oxygen atoms in total. The Kier molecular flexibility index (Phi) is 8.21. The van der Waals surface area contributed by atoms with Crippen LogP contribution in [0.3, 0.4) is 0 Å². The monoisotopic (exact) mass is 453 g/mol. The molecule has 1 amide bonds. The number of rotatable bonds is 10. The third kappa shape index (κ3) is 6.55. The number of hydrogen-bond donors (Lipinski definition) is 2. The van der Waals surface area contributed by atoms with E-state index < -0.39 is 17.9 Å². The molecule has 0 radical (unpaired) electrons. The van der Waals surface area contributed by atoms with Crippen LogP contribution in [-0.2, 0) is 11.3 Å². The molecule has 166 valence electrons. The van der Waals surface area contributed by atoms with Crippen molar-refractivity contribution < 1.29 is 19.1 Å². The highest BCUT2D eigenvalue weighted by atomic mass is 32.2. The van der Waals surface area contributed by atoms with Gasteiger partial charge in [0.25, 0.3) is 5.91 Å². The second-order valence-corrected chi connectivity index (χ2v) is 8.17. The number of nitrogens with one attached hydrogen (secondary N) is 1. The maximum atomic E-state index is 13.4. The molecule has 3 rings (SSSR count). The molecule has 0 fully saturated rings. The molecule has 0 aliphatic rings. The van der Waals surface area contributed by atoms with Gasteiger partial charge in [-0.15, -0.1) is 0 Å². The summed E-state index contributed by atoms with van der Waals surface area (Å²) in [6.45, 7) is 0.512. The van der Waals surface area contributed by atoms with E-state index in [0.717, 1.165) is 16.7 Å². The molecule has 0 spiro atoms. The number of carboxylic acid groups (broad SMARTS) is 1. The van der Waals surface area contributed by atoms with Gasteiger partial charge in [0.2, 0.25) is 0 Å². The molecular weight excluding hydrogens is 429 g/mol. The first-order valence-electron chi connectivity index (χ1n) is 10.0. The smallest absolute Gasteiger partial charge is 0.326 e. The van der Waals surface area contributed by atoms with Crippen LogP contribution in [0.2, 0.25) is 0 Å². The summed E-state index contributed by atoms with van der Waals surface area (Å²) in [4.78, 5) is 28.2. The molecular formula is C24H24FN3O3S. The maximum Gasteiger partial charge on any atom is 0.326 e. The summed E-state index contributed by atoms with van der Waals surface area (Å²) < 4.78 is 15.3. The van der Waals surface area contributed by atoms with E-state index in [-0.39, 0.29) is 5.82 Å². The molecule has 2 N–H and O–H groups in total. The van der Waals surface area contributed by atoms with Gasteiger partial charge in [-0.3, -0.25) is 4.79 Å². The fourth-order valence-electron chi connectivity index (χ4n) is 3.17. The molecule has 2 aromatic carbocycles. The van der Waals surface area contributed by atoms with Crippen molar-refractivity contribution in [3.8, 4) is 0 Å². The van der Waals surface area contributed by atoms with Gasteiger partial charge < -0.3 is 15.0 Å². The number of benzene rings is 2. The largest absolute Gasteiger partial charge is 0.480 e. The summed E-state index contributed by atoms with van der Waals surface area (Å²) in [7, 11) is 0. The number of nitrogens with zero attached hydrogens (tertiary/aromatic N) is 2. The predicted molar refractivity (Wildman–Crippen MR) is 125 cm³/mol. The van der Waals surface area contributed by atoms with Gasteiger partial charge in [-0.05, 0) is 65.5 Å². The van der Waals surface area contributed by atoms with Gasteiger partial charge in [0, 0.05) is 24.5 Å². The molecule has 0 saturated carbocycles. The fraction of sp³-hybridized carbons (Fsp3) is 0.208. The lowest BCUT2D eigenvalue weighted by molar-refractivity contribution is -0.139. The van der Waals surface area contributed by atoms with Crippen molar-refractivity contribution in [2.75, 3.05) is 12.0 Å². The summed E-state index contributed by atoms with van der Waals surface area (Å²) in [6, 6.07) is 12.2. The highest BCUT2D eigenvalue weighted by Gasteiger charge is 2.20. The first-order chi connectivity index (χ1) is 15.5. The lowest BCUT2D eigenvalue weighted by Gasteiger charge is -2.14. The number of allylic oxidation sites excluding steroid dienone is 1. The van der Waals surface area contributed by atoms with Crippen molar-refractivity contribution in [2.24, 2.45) is 0 Å². The molecule has 1 atom stereocenters. The Balaban J connectivity index is 1.86. The van der Waals surface area contributed by atoms with Crippen LogP contribution >= 0.6 is 11.8 Å². The van der Waals surface area contributed by atoms with E-state index in [1.807, 2.05) is 29.2 Å². The van der Waals surface area contributed by atoms with Crippen LogP contribution in [0.1, 0.15) is 27.9 Å². The average molecular weight is 454 g/mol. The van der Waals surface area contributed by atoms with Crippen molar-refractivity contribution in [3.63, 3.8) is 0 Å². The molecule has 0 aliphatic heterocycles. The fourth-order valence-corrected chi connectivity index (χ4v) is 3.64. The topological polar surface area (TPSA) is 84.2 Å². The maximum absolute atomic E-state index is 13.4. The van der Waals surface area contributed by atoms with Gasteiger partial charge in [-0.25, -0.2) is 14.2 Å². The normalized spacial score (nSPS) is 12.4. The third-order valence-corrected chi connectivity index (χ3v) is 5.47. The second-order valence-electron chi connectivity index (χ2n) is 7.18. The van der Waals surface area contributed by atoms with E-state index in [1.54, 1.807) is 42.9 Å². The van der Waals surface area contributed by atoms with Gasteiger partial charge in [-0.2, -0.15) is 11.8 Å². The first-order valence-corrected chi connectivity index (χ1v) is 11.4. The van der Waals surface area contributed by atoms with E-state index in [0.29, 0.717) is 24.3 Å². The van der Waals surface area contributed by atoms with E-state index in [1.165, 1.54) is 23.9 Å². The molecule has 0 bridgehead atoms. The van der Waals surface area contributed by atoms with Gasteiger partial charge in [-0.1, -0.05) is 24.3 Å². The first kappa shape index (κ1) is 23.3. The lowest BCUT2D eigenvalue weighted by Crippen LogP contribution is -2.41. The third-order valence-electron chi connectivity index (χ3n) is 4.83. The Labute approximate surface area is 190 Å². The predicted octanol–water partition coefficient (Wildman–Crippen LogP) is 4.20. The van der Waals surface area contributed by atoms with Crippen LogP contribution in [0.5, 0.6) is 0 Å². The molecule has 32 heavy (non-hydrogen) atoms. The number of halogens is 1. The van der Waals surface area contributed by atoms with Crippen molar-refractivity contribution in [2.45, 2.75) is 19.0 Å². The zero-order chi connectivity index (χ0) is 22.9. The van der Waals surface area contributed by atoms with Gasteiger partial charge in [0.05, 0.1) is 6.33 Å². The average Bonchev–Trinajstić information content (AvgIpc) is 3.30. The zero-order valence-corrected chi connectivity index (χ0v) is 18.4.